The van der Waals surface area contributed by atoms with E-state index in [1.54, 1.807) is 25.2 Å². The molecule has 0 bridgehead atoms. The molecular formula is C17H18N2O5S. The minimum atomic E-state index is -3.16. The lowest BCUT2D eigenvalue weighted by Gasteiger charge is -2.32. The first-order chi connectivity index (χ1) is 11.7. The molecule has 0 unspecified atom stereocenters. The van der Waals surface area contributed by atoms with Gasteiger partial charge in [-0.05, 0) is 6.42 Å². The largest absolute Gasteiger partial charge is 0.366 e. The van der Waals surface area contributed by atoms with Crippen molar-refractivity contribution >= 4 is 27.3 Å². The van der Waals surface area contributed by atoms with E-state index >= 15 is 0 Å². The van der Waals surface area contributed by atoms with Crippen LogP contribution in [0.4, 0.5) is 0 Å². The van der Waals surface area contributed by atoms with Crippen molar-refractivity contribution < 1.29 is 22.8 Å². The van der Waals surface area contributed by atoms with E-state index in [4.69, 9.17) is 0 Å². The zero-order chi connectivity index (χ0) is 18.4. The quantitative estimate of drug-likeness (QED) is 0.842. The van der Waals surface area contributed by atoms with Gasteiger partial charge in [-0.1, -0.05) is 24.3 Å². The molecule has 0 aromatic heterocycles. The molecule has 0 radical (unpaired) electrons. The van der Waals surface area contributed by atoms with Crippen LogP contribution in [0.15, 0.2) is 35.7 Å². The van der Waals surface area contributed by atoms with Gasteiger partial charge in [-0.25, -0.2) is 8.42 Å². The van der Waals surface area contributed by atoms with E-state index in [-0.39, 0.29) is 34.0 Å². The molecule has 1 amide bonds. The van der Waals surface area contributed by atoms with E-state index in [1.807, 2.05) is 0 Å². The third-order valence-electron chi connectivity index (χ3n) is 4.51. The van der Waals surface area contributed by atoms with Gasteiger partial charge in [0.25, 0.3) is 0 Å². The van der Waals surface area contributed by atoms with Gasteiger partial charge in [-0.3, -0.25) is 14.4 Å². The maximum atomic E-state index is 13.0. The van der Waals surface area contributed by atoms with E-state index in [0.29, 0.717) is 6.42 Å². The summed E-state index contributed by atoms with van der Waals surface area (Å²) in [5.74, 6) is -1.35. The van der Waals surface area contributed by atoms with Gasteiger partial charge in [0, 0.05) is 31.1 Å². The third-order valence-corrected chi connectivity index (χ3v) is 6.26. The smallest absolute Gasteiger partial charge is 0.221 e. The van der Waals surface area contributed by atoms with E-state index in [0.717, 1.165) is 0 Å². The highest BCUT2D eigenvalue weighted by Gasteiger charge is 2.39. The van der Waals surface area contributed by atoms with E-state index in [1.165, 1.54) is 17.9 Å². The molecule has 1 saturated heterocycles. The number of carbonyl (C=O) groups is 3. The van der Waals surface area contributed by atoms with Crippen molar-refractivity contribution in [2.24, 2.45) is 0 Å². The lowest BCUT2D eigenvalue weighted by molar-refractivity contribution is -0.118. The number of likely N-dealkylation sites (N-methyl/N-ethyl adjacent to an activating group) is 1. The van der Waals surface area contributed by atoms with Crippen LogP contribution in [0.5, 0.6) is 0 Å². The van der Waals surface area contributed by atoms with Crippen LogP contribution in [-0.2, 0) is 14.6 Å². The van der Waals surface area contributed by atoms with Gasteiger partial charge in [-0.2, -0.15) is 0 Å². The molecule has 1 fully saturated rings. The highest BCUT2D eigenvalue weighted by molar-refractivity contribution is 7.91. The zero-order valence-corrected chi connectivity index (χ0v) is 14.7. The van der Waals surface area contributed by atoms with Gasteiger partial charge in [-0.15, -0.1) is 0 Å². The number of hydrogen-bond acceptors (Lipinski definition) is 6. The molecular weight excluding hydrogens is 344 g/mol. The summed E-state index contributed by atoms with van der Waals surface area (Å²) in [6, 6.07) is 5.98. The average Bonchev–Trinajstić information content (AvgIpc) is 2.92. The standard InChI is InChI=1S/C17H18N2O5S/c1-10(20)18-14-15(19(2)11-7-8-25(23,24)9-11)17(22)13-6-4-3-5-12(13)16(14)21/h3-6,11H,7-9H2,1-2H3,(H,18,20)/t11-/m1/s1. The number of amides is 1. The number of carbonyl (C=O) groups excluding carboxylic acids is 3. The van der Waals surface area contributed by atoms with Gasteiger partial charge in [0.2, 0.25) is 17.5 Å². The fourth-order valence-corrected chi connectivity index (χ4v) is 5.03. The van der Waals surface area contributed by atoms with Gasteiger partial charge >= 0.3 is 0 Å². The summed E-state index contributed by atoms with van der Waals surface area (Å²) in [4.78, 5) is 38.8. The normalized spacial score (nSPS) is 21.9. The second-order valence-corrected chi connectivity index (χ2v) is 8.51. The summed E-state index contributed by atoms with van der Waals surface area (Å²) >= 11 is 0. The highest BCUT2D eigenvalue weighted by Crippen LogP contribution is 2.30. The Kier molecular flexibility index (Phi) is 4.24. The molecule has 132 valence electrons. The topological polar surface area (TPSA) is 101 Å². The number of nitrogens with one attached hydrogen (secondary N) is 1. The van der Waals surface area contributed by atoms with Crippen molar-refractivity contribution in [3.8, 4) is 0 Å². The summed E-state index contributed by atoms with van der Waals surface area (Å²) in [7, 11) is -1.57. The van der Waals surface area contributed by atoms with Crippen LogP contribution in [-0.4, -0.2) is 55.4 Å². The van der Waals surface area contributed by atoms with Gasteiger partial charge in [0.1, 0.15) is 11.4 Å². The SMILES string of the molecule is CC(=O)NC1=C(N(C)[C@@H]2CCS(=O)(=O)C2)C(=O)c2ccccc2C1=O. The minimum absolute atomic E-state index is 0.0426. The number of rotatable bonds is 3. The molecule has 25 heavy (non-hydrogen) atoms. The summed E-state index contributed by atoms with van der Waals surface area (Å²) in [6.45, 7) is 1.25. The number of sulfone groups is 1. The van der Waals surface area contributed by atoms with Crippen molar-refractivity contribution in [3.05, 3.63) is 46.8 Å². The van der Waals surface area contributed by atoms with Crippen molar-refractivity contribution in [2.75, 3.05) is 18.6 Å². The summed E-state index contributed by atoms with van der Waals surface area (Å²) in [5.41, 5.74) is 0.431. The molecule has 1 aromatic rings. The Morgan fingerprint density at radius 2 is 1.76 bits per heavy atom. The number of fused-ring (bicyclic) bond motifs is 1. The Labute approximate surface area is 145 Å². The molecule has 0 spiro atoms. The number of hydrogen-bond donors (Lipinski definition) is 1. The Morgan fingerprint density at radius 1 is 1.16 bits per heavy atom. The molecule has 1 aliphatic heterocycles. The molecule has 3 rings (SSSR count). The van der Waals surface area contributed by atoms with E-state index < -0.39 is 33.4 Å². The Bertz CT molecular complexity index is 917. The molecule has 1 N–H and O–H groups in total. The second kappa shape index (κ2) is 6.11. The maximum Gasteiger partial charge on any atom is 0.221 e. The van der Waals surface area contributed by atoms with Crippen LogP contribution in [0, 0.1) is 0 Å². The van der Waals surface area contributed by atoms with E-state index in [9.17, 15) is 22.8 Å². The predicted octanol–water partition coefficient (Wildman–Crippen LogP) is 0.532. The van der Waals surface area contributed by atoms with Crippen molar-refractivity contribution in [3.63, 3.8) is 0 Å². The number of allylic oxidation sites excluding steroid dienone is 2. The number of Topliss-reactive ketones (excluding diaryl/α,β-unsaturated/α-hetero) is 2. The van der Waals surface area contributed by atoms with Gasteiger partial charge in [0.15, 0.2) is 9.84 Å². The first-order valence-electron chi connectivity index (χ1n) is 7.85. The van der Waals surface area contributed by atoms with Crippen molar-refractivity contribution in [2.45, 2.75) is 19.4 Å². The van der Waals surface area contributed by atoms with Crippen LogP contribution in [0.25, 0.3) is 0 Å². The molecule has 7 nitrogen and oxygen atoms in total. The number of ketones is 2. The second-order valence-electron chi connectivity index (χ2n) is 6.28. The van der Waals surface area contributed by atoms with Crippen molar-refractivity contribution in [1.82, 2.24) is 10.2 Å². The predicted molar refractivity (Wildman–Crippen MR) is 90.8 cm³/mol. The summed E-state index contributed by atoms with van der Waals surface area (Å²) in [5, 5.41) is 2.46. The van der Waals surface area contributed by atoms with Crippen LogP contribution in [0.2, 0.25) is 0 Å². The monoisotopic (exact) mass is 362 g/mol. The fraction of sp³-hybridized carbons (Fsp3) is 0.353. The lowest BCUT2D eigenvalue weighted by atomic mass is 9.89. The fourth-order valence-electron chi connectivity index (χ4n) is 3.25. The molecule has 1 atom stereocenters. The zero-order valence-electron chi connectivity index (χ0n) is 13.9. The van der Waals surface area contributed by atoms with Gasteiger partial charge in [0.05, 0.1) is 11.5 Å². The molecule has 2 aliphatic rings. The molecule has 1 aliphatic carbocycles. The van der Waals surface area contributed by atoms with Crippen LogP contribution in [0.1, 0.15) is 34.1 Å². The van der Waals surface area contributed by atoms with Crippen LogP contribution >= 0.6 is 0 Å². The molecule has 1 aromatic carbocycles. The molecule has 1 heterocycles. The summed E-state index contributed by atoms with van der Waals surface area (Å²) < 4.78 is 23.5. The Hall–Kier alpha value is -2.48. The average molecular weight is 362 g/mol. The maximum absolute atomic E-state index is 13.0. The van der Waals surface area contributed by atoms with Crippen LogP contribution in [0.3, 0.4) is 0 Å². The van der Waals surface area contributed by atoms with Crippen molar-refractivity contribution in [1.29, 1.82) is 0 Å². The Morgan fingerprint density at radius 3 is 2.28 bits per heavy atom. The Balaban J connectivity index is 2.10. The minimum Gasteiger partial charge on any atom is -0.366 e. The number of benzene rings is 1. The summed E-state index contributed by atoms with van der Waals surface area (Å²) in [6.07, 6.45) is 0.374. The highest BCUT2D eigenvalue weighted by atomic mass is 32.2. The first kappa shape index (κ1) is 17.3. The molecule has 0 saturated carbocycles. The van der Waals surface area contributed by atoms with E-state index in [2.05, 4.69) is 5.32 Å². The lowest BCUT2D eigenvalue weighted by Crippen LogP contribution is -2.42. The number of nitrogens with zero attached hydrogens (tertiary/aromatic N) is 1. The van der Waals surface area contributed by atoms with Gasteiger partial charge < -0.3 is 10.2 Å². The molecule has 8 heteroatoms. The first-order valence-corrected chi connectivity index (χ1v) is 9.67. The van der Waals surface area contributed by atoms with Crippen LogP contribution < -0.4 is 5.32 Å². The third kappa shape index (κ3) is 3.09.